The van der Waals surface area contributed by atoms with Gasteiger partial charge in [0.15, 0.2) is 11.6 Å². The van der Waals surface area contributed by atoms with E-state index in [9.17, 15) is 19.4 Å². The van der Waals surface area contributed by atoms with Gasteiger partial charge in [-0.05, 0) is 19.2 Å². The number of nitrogens with zero attached hydrogens (tertiary/aromatic N) is 2. The summed E-state index contributed by atoms with van der Waals surface area (Å²) in [6.45, 7) is 0. The number of para-hydroxylation sites is 1. The number of carboxylic acids is 1. The quantitative estimate of drug-likeness (QED) is 0.873. The minimum atomic E-state index is -0.824. The molecule has 0 spiro atoms. The summed E-state index contributed by atoms with van der Waals surface area (Å²) in [5, 5.41) is 19.6. The van der Waals surface area contributed by atoms with E-state index >= 15 is 0 Å². The van der Waals surface area contributed by atoms with Crippen LogP contribution in [0.5, 0.6) is 5.75 Å². The molecule has 0 bridgehead atoms. The van der Waals surface area contributed by atoms with Crippen LogP contribution in [0, 0.1) is 5.82 Å². The van der Waals surface area contributed by atoms with Gasteiger partial charge < -0.3 is 10.2 Å². The third kappa shape index (κ3) is 2.70. The van der Waals surface area contributed by atoms with Gasteiger partial charge in [-0.1, -0.05) is 6.07 Å². The van der Waals surface area contributed by atoms with Gasteiger partial charge in [-0.15, -0.1) is 23.5 Å². The lowest BCUT2D eigenvalue weighted by atomic mass is 10.2. The molecule has 0 aromatic heterocycles. The fraction of sp³-hybridized carbons (Fsp3) is 0.429. The molecule has 0 saturated carbocycles. The number of benzene rings is 1. The van der Waals surface area contributed by atoms with E-state index in [1.807, 2.05) is 4.90 Å². The number of aliphatic imine (C=N–C) groups is 1. The Labute approximate surface area is 135 Å². The number of phenolic OH excluding ortho intramolecular Hbond substituents is 1. The fourth-order valence-corrected chi connectivity index (χ4v) is 5.36. The Hall–Kier alpha value is -1.25. The maximum atomic E-state index is 13.4. The smallest absolute Gasteiger partial charge is 0.321 e. The van der Waals surface area contributed by atoms with E-state index in [4.69, 9.17) is 0 Å². The number of aromatic hydroxyl groups is 1. The van der Waals surface area contributed by atoms with Crippen LogP contribution in [-0.2, 0) is 4.79 Å². The number of thioether (sulfide) groups is 2. The summed E-state index contributed by atoms with van der Waals surface area (Å²) in [5.74, 6) is -0.643. The van der Waals surface area contributed by atoms with Crippen LogP contribution in [0.3, 0.4) is 0 Å². The van der Waals surface area contributed by atoms with Crippen molar-refractivity contribution in [2.24, 2.45) is 4.99 Å². The molecule has 2 aliphatic heterocycles. The summed E-state index contributed by atoms with van der Waals surface area (Å²) < 4.78 is 13.4. The number of rotatable bonds is 3. The zero-order valence-electron chi connectivity index (χ0n) is 11.8. The van der Waals surface area contributed by atoms with Gasteiger partial charge in [0.25, 0.3) is 0 Å². The lowest BCUT2D eigenvalue weighted by Gasteiger charge is -2.24. The lowest BCUT2D eigenvalue weighted by Crippen LogP contribution is -2.42. The van der Waals surface area contributed by atoms with Crippen molar-refractivity contribution in [2.75, 3.05) is 18.6 Å². The van der Waals surface area contributed by atoms with Crippen molar-refractivity contribution in [3.63, 3.8) is 0 Å². The summed E-state index contributed by atoms with van der Waals surface area (Å²) in [6, 6.07) is 3.81. The molecule has 3 atom stereocenters. The molecule has 1 unspecified atom stereocenters. The summed E-state index contributed by atoms with van der Waals surface area (Å²) in [5.41, 5.74) is 0.396. The monoisotopic (exact) mass is 342 g/mol. The van der Waals surface area contributed by atoms with Crippen LogP contribution >= 0.6 is 23.5 Å². The van der Waals surface area contributed by atoms with Crippen molar-refractivity contribution in [1.29, 1.82) is 0 Å². The molecular formula is C14H15FN2O3S2. The highest BCUT2D eigenvalue weighted by Gasteiger charge is 2.41. The first-order valence-electron chi connectivity index (χ1n) is 6.74. The van der Waals surface area contributed by atoms with Crippen molar-refractivity contribution in [3.8, 4) is 5.75 Å². The standard InChI is InChI=1S/C14H15FN2O3S2/c1-17-10(14(19)20)6-22-13(17)9-5-21-12(16-9)7-3-2-4-8(15)11(7)18/h2-4,9-10,13,18H,5-6H2,1H3,(H,19,20)/t9?,10-,13+/m1/s1. The molecule has 22 heavy (non-hydrogen) atoms. The molecule has 0 amide bonds. The fourth-order valence-electron chi connectivity index (χ4n) is 2.60. The van der Waals surface area contributed by atoms with Crippen molar-refractivity contribution < 1.29 is 19.4 Å². The van der Waals surface area contributed by atoms with E-state index in [1.165, 1.54) is 23.9 Å². The van der Waals surface area contributed by atoms with Crippen molar-refractivity contribution in [1.82, 2.24) is 4.90 Å². The third-order valence-corrected chi connectivity index (χ3v) is 6.43. The maximum absolute atomic E-state index is 13.4. The second-order valence-corrected chi connectivity index (χ2v) is 7.35. The number of halogens is 1. The summed E-state index contributed by atoms with van der Waals surface area (Å²) in [7, 11) is 1.79. The number of aliphatic carboxylic acids is 1. The molecule has 5 nitrogen and oxygen atoms in total. The third-order valence-electron chi connectivity index (χ3n) is 3.82. The first-order valence-corrected chi connectivity index (χ1v) is 8.77. The topological polar surface area (TPSA) is 73.1 Å². The van der Waals surface area contributed by atoms with Gasteiger partial charge in [-0.2, -0.15) is 0 Å². The van der Waals surface area contributed by atoms with E-state index < -0.39 is 17.8 Å². The highest BCUT2D eigenvalue weighted by molar-refractivity contribution is 8.14. The molecule has 1 aromatic rings. The predicted molar refractivity (Wildman–Crippen MR) is 86.3 cm³/mol. The second-order valence-electron chi connectivity index (χ2n) is 5.19. The highest BCUT2D eigenvalue weighted by Crippen LogP contribution is 2.37. The van der Waals surface area contributed by atoms with Gasteiger partial charge >= 0.3 is 5.97 Å². The Morgan fingerprint density at radius 1 is 1.45 bits per heavy atom. The summed E-state index contributed by atoms with van der Waals surface area (Å²) in [6.07, 6.45) is 0. The van der Waals surface area contributed by atoms with Crippen molar-refractivity contribution in [2.45, 2.75) is 17.5 Å². The van der Waals surface area contributed by atoms with E-state index in [1.54, 1.807) is 24.9 Å². The normalized spacial score (nSPS) is 28.8. The number of hydrogen-bond acceptors (Lipinski definition) is 6. The van der Waals surface area contributed by atoms with Gasteiger partial charge in [0.1, 0.15) is 11.1 Å². The van der Waals surface area contributed by atoms with E-state index in [0.717, 1.165) is 0 Å². The zero-order chi connectivity index (χ0) is 15.9. The van der Waals surface area contributed by atoms with Crippen LogP contribution < -0.4 is 0 Å². The minimum Gasteiger partial charge on any atom is -0.504 e. The van der Waals surface area contributed by atoms with Gasteiger partial charge in [-0.3, -0.25) is 14.7 Å². The predicted octanol–water partition coefficient (Wildman–Crippen LogP) is 1.85. The number of phenols is 1. The molecule has 1 fully saturated rings. The van der Waals surface area contributed by atoms with Crippen molar-refractivity contribution >= 4 is 34.5 Å². The first kappa shape index (κ1) is 15.6. The zero-order valence-corrected chi connectivity index (χ0v) is 13.4. The van der Waals surface area contributed by atoms with Gasteiger partial charge in [-0.25, -0.2) is 4.39 Å². The SMILES string of the molecule is CN1[C@@H](C(=O)O)CS[C@H]1C1CSC(c2cccc(F)c2O)=N1. The molecule has 2 aliphatic rings. The molecular weight excluding hydrogens is 327 g/mol. The van der Waals surface area contributed by atoms with E-state index in [2.05, 4.69) is 4.99 Å². The van der Waals surface area contributed by atoms with Crippen LogP contribution in [0.4, 0.5) is 4.39 Å². The Kier molecular flexibility index (Phi) is 4.33. The summed E-state index contributed by atoms with van der Waals surface area (Å²) in [4.78, 5) is 17.6. The van der Waals surface area contributed by atoms with Crippen LogP contribution in [-0.4, -0.2) is 62.1 Å². The average Bonchev–Trinajstić information content (AvgIpc) is 3.08. The van der Waals surface area contributed by atoms with Crippen LogP contribution in [0.25, 0.3) is 0 Å². The highest BCUT2D eigenvalue weighted by atomic mass is 32.2. The molecule has 1 aromatic carbocycles. The first-order chi connectivity index (χ1) is 10.5. The Bertz CT molecular complexity index is 641. The minimum absolute atomic E-state index is 0.0122. The molecule has 118 valence electrons. The number of carbonyl (C=O) groups is 1. The van der Waals surface area contributed by atoms with E-state index in [-0.39, 0.29) is 17.2 Å². The molecule has 3 rings (SSSR count). The van der Waals surface area contributed by atoms with Crippen LogP contribution in [0.15, 0.2) is 23.2 Å². The molecule has 0 radical (unpaired) electrons. The number of hydrogen-bond donors (Lipinski definition) is 2. The van der Waals surface area contributed by atoms with Crippen LogP contribution in [0.2, 0.25) is 0 Å². The Morgan fingerprint density at radius 3 is 2.91 bits per heavy atom. The number of likely N-dealkylation sites (N-methyl/N-ethyl adjacent to an activating group) is 1. The Balaban J connectivity index is 1.80. The molecule has 1 saturated heterocycles. The lowest BCUT2D eigenvalue weighted by molar-refractivity contribution is -0.141. The molecule has 8 heteroatoms. The van der Waals surface area contributed by atoms with Crippen molar-refractivity contribution in [3.05, 3.63) is 29.6 Å². The second kappa shape index (κ2) is 6.10. The average molecular weight is 342 g/mol. The maximum Gasteiger partial charge on any atom is 0.321 e. The van der Waals surface area contributed by atoms with Gasteiger partial charge in [0, 0.05) is 11.5 Å². The molecule has 2 heterocycles. The molecule has 0 aliphatic carbocycles. The van der Waals surface area contributed by atoms with Crippen LogP contribution in [0.1, 0.15) is 5.56 Å². The molecule has 2 N–H and O–H groups in total. The van der Waals surface area contributed by atoms with Gasteiger partial charge in [0.05, 0.1) is 17.0 Å². The summed E-state index contributed by atoms with van der Waals surface area (Å²) >= 11 is 3.04. The Morgan fingerprint density at radius 2 is 2.23 bits per heavy atom. The largest absolute Gasteiger partial charge is 0.504 e. The van der Waals surface area contributed by atoms with E-state index in [0.29, 0.717) is 22.1 Å². The number of carboxylic acid groups (broad SMARTS) is 1. The van der Waals surface area contributed by atoms with Gasteiger partial charge in [0.2, 0.25) is 0 Å².